The van der Waals surface area contributed by atoms with E-state index in [1.54, 1.807) is 12.1 Å². The first-order valence-corrected chi connectivity index (χ1v) is 7.24. The van der Waals surface area contributed by atoms with E-state index in [1.165, 1.54) is 0 Å². The van der Waals surface area contributed by atoms with Crippen LogP contribution in [-0.4, -0.2) is 22.7 Å². The first kappa shape index (κ1) is 13.8. The van der Waals surface area contributed by atoms with Crippen molar-refractivity contribution < 1.29 is 9.53 Å². The number of nitrogens with one attached hydrogen (secondary N) is 1. The highest BCUT2D eigenvalue weighted by atomic mass is 79.9. The maximum absolute atomic E-state index is 12.0. The van der Waals surface area contributed by atoms with Crippen LogP contribution in [0.2, 0.25) is 0 Å². The van der Waals surface area contributed by atoms with Gasteiger partial charge in [0.1, 0.15) is 11.6 Å². The number of nitrogens with zero attached hydrogens (tertiary/aromatic N) is 2. The molecule has 21 heavy (non-hydrogen) atoms. The molecule has 1 aromatic heterocycles. The quantitative estimate of drug-likeness (QED) is 0.880. The number of fused-ring (bicyclic) bond motifs is 1. The van der Waals surface area contributed by atoms with Gasteiger partial charge in [-0.05, 0) is 29.8 Å². The number of benzene rings is 1. The molecular formula is C14H13BrN4O2. The van der Waals surface area contributed by atoms with Crippen LogP contribution in [0.4, 0.5) is 5.82 Å². The SMILES string of the molecule is Nc1ccc(C(=O)NCc2cc(Br)cc3c2OCC3)nn1. The van der Waals surface area contributed by atoms with Crippen LogP contribution in [0.3, 0.4) is 0 Å². The number of carbonyl (C=O) groups excluding carboxylic acids is 1. The van der Waals surface area contributed by atoms with Crippen molar-refractivity contribution in [2.45, 2.75) is 13.0 Å². The lowest BCUT2D eigenvalue weighted by Gasteiger charge is -2.10. The van der Waals surface area contributed by atoms with Gasteiger partial charge < -0.3 is 15.8 Å². The first-order valence-electron chi connectivity index (χ1n) is 6.45. The van der Waals surface area contributed by atoms with Gasteiger partial charge in [-0.2, -0.15) is 0 Å². The third kappa shape index (κ3) is 2.97. The average Bonchev–Trinajstić information content (AvgIpc) is 2.93. The standard InChI is InChI=1S/C14H13BrN4O2/c15-10-5-8-3-4-21-13(8)9(6-10)7-17-14(20)11-1-2-12(16)19-18-11/h1-2,5-6H,3-4,7H2,(H2,16,19)(H,17,20). The summed E-state index contributed by atoms with van der Waals surface area (Å²) in [4.78, 5) is 12.0. The molecule has 108 valence electrons. The largest absolute Gasteiger partial charge is 0.493 e. The topological polar surface area (TPSA) is 90.1 Å². The van der Waals surface area contributed by atoms with Gasteiger partial charge in [0, 0.05) is 23.0 Å². The number of ether oxygens (including phenoxy) is 1. The van der Waals surface area contributed by atoms with Gasteiger partial charge in [0.15, 0.2) is 5.69 Å². The number of rotatable bonds is 3. The van der Waals surface area contributed by atoms with Gasteiger partial charge in [-0.15, -0.1) is 10.2 Å². The highest BCUT2D eigenvalue weighted by Gasteiger charge is 2.18. The van der Waals surface area contributed by atoms with E-state index in [0.29, 0.717) is 13.2 Å². The van der Waals surface area contributed by atoms with Crippen molar-refractivity contribution in [2.75, 3.05) is 12.3 Å². The molecule has 0 radical (unpaired) electrons. The molecule has 0 fully saturated rings. The predicted molar refractivity (Wildman–Crippen MR) is 81.0 cm³/mol. The second kappa shape index (κ2) is 5.69. The number of hydrogen-bond acceptors (Lipinski definition) is 5. The smallest absolute Gasteiger partial charge is 0.272 e. The Morgan fingerprint density at radius 1 is 1.38 bits per heavy atom. The number of carbonyl (C=O) groups is 1. The van der Waals surface area contributed by atoms with Crippen molar-refractivity contribution in [3.05, 3.63) is 45.6 Å². The van der Waals surface area contributed by atoms with Crippen molar-refractivity contribution in [1.82, 2.24) is 15.5 Å². The van der Waals surface area contributed by atoms with Crippen LogP contribution in [0.5, 0.6) is 5.75 Å². The highest BCUT2D eigenvalue weighted by molar-refractivity contribution is 9.10. The first-order chi connectivity index (χ1) is 10.1. The summed E-state index contributed by atoms with van der Waals surface area (Å²) in [6.45, 7) is 1.04. The lowest BCUT2D eigenvalue weighted by molar-refractivity contribution is 0.0944. The number of amides is 1. The minimum absolute atomic E-state index is 0.233. The maximum Gasteiger partial charge on any atom is 0.272 e. The Morgan fingerprint density at radius 3 is 3.00 bits per heavy atom. The van der Waals surface area contributed by atoms with Gasteiger partial charge in [-0.3, -0.25) is 4.79 Å². The molecule has 0 bridgehead atoms. The number of anilines is 1. The average molecular weight is 349 g/mol. The zero-order chi connectivity index (χ0) is 14.8. The second-order valence-electron chi connectivity index (χ2n) is 4.68. The Kier molecular flexibility index (Phi) is 3.74. The van der Waals surface area contributed by atoms with E-state index < -0.39 is 0 Å². The molecular weight excluding hydrogens is 336 g/mol. The van der Waals surface area contributed by atoms with Crippen molar-refractivity contribution in [1.29, 1.82) is 0 Å². The van der Waals surface area contributed by atoms with Gasteiger partial charge in [0.2, 0.25) is 0 Å². The summed E-state index contributed by atoms with van der Waals surface area (Å²) >= 11 is 3.47. The Bertz CT molecular complexity index is 688. The van der Waals surface area contributed by atoms with E-state index in [2.05, 4.69) is 31.4 Å². The van der Waals surface area contributed by atoms with Crippen molar-refractivity contribution >= 4 is 27.7 Å². The van der Waals surface area contributed by atoms with E-state index in [-0.39, 0.29) is 17.4 Å². The molecule has 0 atom stereocenters. The Hall–Kier alpha value is -2.15. The number of nitrogen functional groups attached to an aromatic ring is 1. The molecule has 3 N–H and O–H groups in total. The highest BCUT2D eigenvalue weighted by Crippen LogP contribution is 2.32. The van der Waals surface area contributed by atoms with Crippen LogP contribution >= 0.6 is 15.9 Å². The molecule has 0 aliphatic carbocycles. The normalized spacial score (nSPS) is 12.6. The zero-order valence-corrected chi connectivity index (χ0v) is 12.7. The second-order valence-corrected chi connectivity index (χ2v) is 5.59. The zero-order valence-electron chi connectivity index (χ0n) is 11.1. The molecule has 1 amide bonds. The van der Waals surface area contributed by atoms with Crippen molar-refractivity contribution in [2.24, 2.45) is 0 Å². The van der Waals surface area contributed by atoms with E-state index in [0.717, 1.165) is 27.8 Å². The third-order valence-electron chi connectivity index (χ3n) is 3.18. The van der Waals surface area contributed by atoms with Crippen LogP contribution in [0, 0.1) is 0 Å². The molecule has 7 heteroatoms. The fourth-order valence-corrected chi connectivity index (χ4v) is 2.76. The lowest BCUT2D eigenvalue weighted by atomic mass is 10.1. The Morgan fingerprint density at radius 2 is 2.24 bits per heavy atom. The minimum Gasteiger partial charge on any atom is -0.493 e. The van der Waals surface area contributed by atoms with Crippen molar-refractivity contribution in [3.8, 4) is 5.75 Å². The summed E-state index contributed by atoms with van der Waals surface area (Å²) in [7, 11) is 0. The summed E-state index contributed by atoms with van der Waals surface area (Å²) in [5.74, 6) is 0.848. The van der Waals surface area contributed by atoms with Crippen LogP contribution in [-0.2, 0) is 13.0 Å². The van der Waals surface area contributed by atoms with Gasteiger partial charge in [0.05, 0.1) is 6.61 Å². The molecule has 3 rings (SSSR count). The van der Waals surface area contributed by atoms with Gasteiger partial charge in [-0.25, -0.2) is 0 Å². The summed E-state index contributed by atoms with van der Waals surface area (Å²) in [6, 6.07) is 7.07. The molecule has 1 aliphatic heterocycles. The van der Waals surface area contributed by atoms with Gasteiger partial charge in [0.25, 0.3) is 5.91 Å². The number of halogens is 1. The van der Waals surface area contributed by atoms with E-state index in [4.69, 9.17) is 10.5 Å². The van der Waals surface area contributed by atoms with Crippen LogP contribution in [0.25, 0.3) is 0 Å². The number of aromatic nitrogens is 2. The Balaban J connectivity index is 1.73. The number of hydrogen-bond donors (Lipinski definition) is 2. The molecule has 0 saturated heterocycles. The van der Waals surface area contributed by atoms with Crippen LogP contribution < -0.4 is 15.8 Å². The molecule has 6 nitrogen and oxygen atoms in total. The molecule has 1 aromatic carbocycles. The number of nitrogens with two attached hydrogens (primary N) is 1. The van der Waals surface area contributed by atoms with E-state index in [9.17, 15) is 4.79 Å². The molecule has 0 unspecified atom stereocenters. The van der Waals surface area contributed by atoms with Crippen LogP contribution in [0.1, 0.15) is 21.6 Å². The van der Waals surface area contributed by atoms with E-state index in [1.807, 2.05) is 12.1 Å². The molecule has 1 aliphatic rings. The summed E-state index contributed by atoms with van der Waals surface area (Å²) in [6.07, 6.45) is 0.888. The molecule has 2 heterocycles. The van der Waals surface area contributed by atoms with Crippen LogP contribution in [0.15, 0.2) is 28.7 Å². The lowest BCUT2D eigenvalue weighted by Crippen LogP contribution is -2.24. The molecule has 0 saturated carbocycles. The summed E-state index contributed by atoms with van der Waals surface area (Å²) in [5.41, 5.74) is 7.77. The van der Waals surface area contributed by atoms with Gasteiger partial charge >= 0.3 is 0 Å². The molecule has 2 aromatic rings. The fraction of sp³-hybridized carbons (Fsp3) is 0.214. The van der Waals surface area contributed by atoms with E-state index >= 15 is 0 Å². The maximum atomic E-state index is 12.0. The van der Waals surface area contributed by atoms with Gasteiger partial charge in [-0.1, -0.05) is 15.9 Å². The fourth-order valence-electron chi connectivity index (χ4n) is 2.21. The summed E-state index contributed by atoms with van der Waals surface area (Å²) in [5, 5.41) is 10.2. The monoisotopic (exact) mass is 348 g/mol. The third-order valence-corrected chi connectivity index (χ3v) is 3.64. The summed E-state index contributed by atoms with van der Waals surface area (Å²) < 4.78 is 6.60. The minimum atomic E-state index is -0.297. The predicted octanol–water partition coefficient (Wildman–Crippen LogP) is 1.69. The Labute approximate surface area is 129 Å². The molecule has 0 spiro atoms. The van der Waals surface area contributed by atoms with Crippen molar-refractivity contribution in [3.63, 3.8) is 0 Å².